The minimum atomic E-state index is -0.455. The molecule has 0 spiro atoms. The predicted octanol–water partition coefficient (Wildman–Crippen LogP) is 4.79. The number of H-pyrrole nitrogens is 1. The smallest absolute Gasteiger partial charge is 0.328 e. The number of benzene rings is 2. The fourth-order valence-corrected chi connectivity index (χ4v) is 5.90. The Balaban J connectivity index is 1.49. The van der Waals surface area contributed by atoms with Crippen LogP contribution in [0.15, 0.2) is 48.5 Å². The summed E-state index contributed by atoms with van der Waals surface area (Å²) in [6.07, 6.45) is 5.74. The first-order valence-electron chi connectivity index (χ1n) is 11.6. The second kappa shape index (κ2) is 7.40. The number of aromatic amines is 1. The monoisotopic (exact) mass is 429 g/mol. The maximum Gasteiger partial charge on any atom is 0.328 e. The van der Waals surface area contributed by atoms with Crippen molar-refractivity contribution in [3.8, 4) is 5.75 Å². The zero-order chi connectivity index (χ0) is 21.8. The molecular formula is C26H27N3O3. The lowest BCUT2D eigenvalue weighted by atomic mass is 9.88. The number of imide groups is 1. The lowest BCUT2D eigenvalue weighted by Crippen LogP contribution is -2.44. The second-order valence-electron chi connectivity index (χ2n) is 9.15. The SMILES string of the molecule is COc1ccc([C@H]2c3[nH]c4ccccc4c3C[C@@H]3C(=O)N(C4CCCCC4)C(=O)N23)cc1. The zero-order valence-corrected chi connectivity index (χ0v) is 18.2. The van der Waals surface area contributed by atoms with Gasteiger partial charge in [-0.2, -0.15) is 0 Å². The van der Waals surface area contributed by atoms with Gasteiger partial charge < -0.3 is 9.72 Å². The Morgan fingerprint density at radius 1 is 0.969 bits per heavy atom. The summed E-state index contributed by atoms with van der Waals surface area (Å²) in [5.74, 6) is 0.738. The Hall–Kier alpha value is -3.28. The van der Waals surface area contributed by atoms with Crippen LogP contribution in [0.4, 0.5) is 4.79 Å². The van der Waals surface area contributed by atoms with E-state index < -0.39 is 6.04 Å². The van der Waals surface area contributed by atoms with Crippen molar-refractivity contribution in [3.63, 3.8) is 0 Å². The number of nitrogens with zero attached hydrogens (tertiary/aromatic N) is 2. The van der Waals surface area contributed by atoms with Crippen LogP contribution >= 0.6 is 0 Å². The number of nitrogens with one attached hydrogen (secondary N) is 1. The normalized spacial score (nSPS) is 23.5. The molecule has 1 saturated heterocycles. The molecule has 1 saturated carbocycles. The van der Waals surface area contributed by atoms with Crippen molar-refractivity contribution >= 4 is 22.8 Å². The van der Waals surface area contributed by atoms with E-state index in [9.17, 15) is 9.59 Å². The van der Waals surface area contributed by atoms with Gasteiger partial charge in [-0.25, -0.2) is 4.79 Å². The van der Waals surface area contributed by atoms with Crippen LogP contribution in [0.5, 0.6) is 5.75 Å². The summed E-state index contributed by atoms with van der Waals surface area (Å²) in [7, 11) is 1.64. The van der Waals surface area contributed by atoms with Crippen LogP contribution in [-0.4, -0.2) is 45.9 Å². The number of aromatic nitrogens is 1. The molecule has 2 aliphatic heterocycles. The van der Waals surface area contributed by atoms with E-state index in [0.29, 0.717) is 6.42 Å². The lowest BCUT2D eigenvalue weighted by Gasteiger charge is -2.36. The highest BCUT2D eigenvalue weighted by Crippen LogP contribution is 2.45. The van der Waals surface area contributed by atoms with E-state index >= 15 is 0 Å². The summed E-state index contributed by atoms with van der Waals surface area (Å²) in [4.78, 5) is 34.4. The molecule has 1 N–H and O–H groups in total. The molecule has 164 valence electrons. The molecule has 6 heteroatoms. The van der Waals surface area contributed by atoms with E-state index in [0.717, 1.165) is 59.2 Å². The number of urea groups is 1. The Labute approximate surface area is 187 Å². The molecule has 2 aromatic carbocycles. The molecule has 32 heavy (non-hydrogen) atoms. The van der Waals surface area contributed by atoms with Gasteiger partial charge in [-0.1, -0.05) is 49.6 Å². The van der Waals surface area contributed by atoms with Gasteiger partial charge in [0.15, 0.2) is 0 Å². The lowest BCUT2D eigenvalue weighted by molar-refractivity contribution is -0.130. The highest BCUT2D eigenvalue weighted by atomic mass is 16.5. The first-order valence-corrected chi connectivity index (χ1v) is 11.6. The van der Waals surface area contributed by atoms with Crippen molar-refractivity contribution < 1.29 is 14.3 Å². The van der Waals surface area contributed by atoms with E-state index in [-0.39, 0.29) is 24.0 Å². The number of amides is 3. The van der Waals surface area contributed by atoms with Crippen LogP contribution in [0, 0.1) is 0 Å². The van der Waals surface area contributed by atoms with E-state index in [4.69, 9.17) is 4.74 Å². The Morgan fingerprint density at radius 3 is 2.47 bits per heavy atom. The van der Waals surface area contributed by atoms with Gasteiger partial charge in [0.05, 0.1) is 7.11 Å². The van der Waals surface area contributed by atoms with Crippen LogP contribution in [0.25, 0.3) is 10.9 Å². The molecule has 6 rings (SSSR count). The van der Waals surface area contributed by atoms with Gasteiger partial charge in [-0.3, -0.25) is 14.6 Å². The highest BCUT2D eigenvalue weighted by Gasteiger charge is 2.54. The van der Waals surface area contributed by atoms with Crippen molar-refractivity contribution in [2.24, 2.45) is 0 Å². The zero-order valence-electron chi connectivity index (χ0n) is 18.2. The fourth-order valence-electron chi connectivity index (χ4n) is 5.90. The Kier molecular flexibility index (Phi) is 4.49. The van der Waals surface area contributed by atoms with Crippen molar-refractivity contribution in [1.29, 1.82) is 0 Å². The molecular weight excluding hydrogens is 402 g/mol. The van der Waals surface area contributed by atoms with Crippen LogP contribution < -0.4 is 4.74 Å². The van der Waals surface area contributed by atoms with Gasteiger partial charge >= 0.3 is 6.03 Å². The van der Waals surface area contributed by atoms with E-state index in [2.05, 4.69) is 17.1 Å². The van der Waals surface area contributed by atoms with E-state index in [1.165, 1.54) is 6.42 Å². The van der Waals surface area contributed by atoms with Crippen LogP contribution in [0.1, 0.15) is 55.0 Å². The summed E-state index contributed by atoms with van der Waals surface area (Å²) in [6, 6.07) is 15.1. The van der Waals surface area contributed by atoms with Gasteiger partial charge in [-0.15, -0.1) is 0 Å². The average molecular weight is 430 g/mol. The molecule has 0 unspecified atom stereocenters. The molecule has 0 bridgehead atoms. The molecule has 3 amide bonds. The minimum absolute atomic E-state index is 0.0287. The molecule has 3 aliphatic rings. The predicted molar refractivity (Wildman–Crippen MR) is 122 cm³/mol. The van der Waals surface area contributed by atoms with E-state index in [1.807, 2.05) is 41.3 Å². The number of carbonyl (C=O) groups is 2. The van der Waals surface area contributed by atoms with Gasteiger partial charge in [0.25, 0.3) is 5.91 Å². The number of hydrogen-bond donors (Lipinski definition) is 1. The standard InChI is InChI=1S/C26H27N3O3/c1-32-18-13-11-16(12-14-18)24-23-20(19-9-5-6-10-21(19)27-23)15-22-25(30)28(26(31)29(22)24)17-7-3-2-4-8-17/h5-6,9-14,17,22,24,27H,2-4,7-8,15H2,1H3/t22-,24+/m1/s1. The van der Waals surface area contributed by atoms with Crippen LogP contribution in [-0.2, 0) is 11.2 Å². The first-order chi connectivity index (χ1) is 15.7. The van der Waals surface area contributed by atoms with E-state index in [1.54, 1.807) is 12.0 Å². The summed E-state index contributed by atoms with van der Waals surface area (Å²) in [5, 5.41) is 1.14. The number of para-hydroxylation sites is 1. The molecule has 3 aromatic rings. The van der Waals surface area contributed by atoms with Crippen LogP contribution in [0.3, 0.4) is 0 Å². The molecule has 6 nitrogen and oxygen atoms in total. The maximum atomic E-state index is 13.8. The van der Waals surface area contributed by atoms with Crippen LogP contribution in [0.2, 0.25) is 0 Å². The summed E-state index contributed by atoms with van der Waals surface area (Å²) in [6.45, 7) is 0. The first kappa shape index (κ1) is 19.4. The Morgan fingerprint density at radius 2 is 1.72 bits per heavy atom. The maximum absolute atomic E-state index is 13.8. The molecule has 2 atom stereocenters. The number of fused-ring (bicyclic) bond motifs is 4. The second-order valence-corrected chi connectivity index (χ2v) is 9.15. The number of hydrogen-bond acceptors (Lipinski definition) is 3. The van der Waals surface area contributed by atoms with Crippen molar-refractivity contribution in [3.05, 3.63) is 65.4 Å². The van der Waals surface area contributed by atoms with Gasteiger partial charge in [0.2, 0.25) is 0 Å². The largest absolute Gasteiger partial charge is 0.497 e. The minimum Gasteiger partial charge on any atom is -0.497 e. The number of methoxy groups -OCH3 is 1. The molecule has 1 aromatic heterocycles. The number of ether oxygens (including phenoxy) is 1. The number of rotatable bonds is 3. The third-order valence-corrected chi connectivity index (χ3v) is 7.45. The summed E-state index contributed by atoms with van der Waals surface area (Å²) < 4.78 is 5.34. The molecule has 3 heterocycles. The van der Waals surface area contributed by atoms with Gasteiger partial charge in [0.1, 0.15) is 17.8 Å². The average Bonchev–Trinajstić information content (AvgIpc) is 3.33. The summed E-state index contributed by atoms with van der Waals surface area (Å²) >= 11 is 0. The molecule has 2 fully saturated rings. The third-order valence-electron chi connectivity index (χ3n) is 7.45. The Bertz CT molecular complexity index is 1190. The topological polar surface area (TPSA) is 65.6 Å². The third kappa shape index (κ3) is 2.78. The summed E-state index contributed by atoms with van der Waals surface area (Å²) in [5.41, 5.74) is 4.18. The molecule has 0 radical (unpaired) electrons. The van der Waals surface area contributed by atoms with Crippen molar-refractivity contribution in [1.82, 2.24) is 14.8 Å². The number of carbonyl (C=O) groups excluding carboxylic acids is 2. The highest BCUT2D eigenvalue weighted by molar-refractivity contribution is 6.06. The fraction of sp³-hybridized carbons (Fsp3) is 0.385. The molecule has 1 aliphatic carbocycles. The quantitative estimate of drug-likeness (QED) is 0.609. The van der Waals surface area contributed by atoms with Gasteiger partial charge in [0, 0.05) is 29.1 Å². The van der Waals surface area contributed by atoms with Crippen molar-refractivity contribution in [2.75, 3.05) is 7.11 Å². The van der Waals surface area contributed by atoms with Crippen molar-refractivity contribution in [2.45, 2.75) is 56.7 Å². The van der Waals surface area contributed by atoms with Gasteiger partial charge in [-0.05, 0) is 42.2 Å².